The summed E-state index contributed by atoms with van der Waals surface area (Å²) in [7, 11) is 0. The predicted octanol–water partition coefficient (Wildman–Crippen LogP) is 4.01. The highest BCUT2D eigenvalue weighted by molar-refractivity contribution is 5.70. The van der Waals surface area contributed by atoms with Crippen molar-refractivity contribution >= 4 is 5.97 Å². The van der Waals surface area contributed by atoms with Crippen LogP contribution in [0.15, 0.2) is 60.7 Å². The largest absolute Gasteiger partial charge is 0.456 e. The second-order valence-corrected chi connectivity index (χ2v) is 5.31. The Bertz CT molecular complexity index is 630. The maximum Gasteiger partial charge on any atom is 0.422 e. The van der Waals surface area contributed by atoms with Crippen LogP contribution in [0, 0.1) is 0 Å². The normalized spacial score (nSPS) is 12.6. The average molecular weight is 337 g/mol. The molecule has 1 unspecified atom stereocenters. The third-order valence-corrected chi connectivity index (χ3v) is 3.36. The van der Waals surface area contributed by atoms with Crippen molar-refractivity contribution in [2.75, 3.05) is 6.61 Å². The average Bonchev–Trinajstić information content (AvgIpc) is 2.58. The molecule has 0 saturated heterocycles. The number of benzene rings is 2. The molecule has 0 radical (unpaired) electrons. The third-order valence-electron chi connectivity index (χ3n) is 3.36. The molecule has 0 aliphatic heterocycles. The Morgan fingerprint density at radius 2 is 1.58 bits per heavy atom. The minimum atomic E-state index is -4.52. The topological polar surface area (TPSA) is 38.3 Å². The first-order valence-corrected chi connectivity index (χ1v) is 7.49. The van der Waals surface area contributed by atoms with Crippen LogP contribution in [0.3, 0.4) is 0 Å². The van der Waals surface area contributed by atoms with E-state index in [1.165, 1.54) is 0 Å². The summed E-state index contributed by atoms with van der Waals surface area (Å²) in [5.74, 6) is -0.887. The van der Waals surface area contributed by atoms with Gasteiger partial charge < -0.3 is 10.1 Å². The van der Waals surface area contributed by atoms with Crippen LogP contribution >= 0.6 is 0 Å². The molecule has 0 saturated carbocycles. The Morgan fingerprint density at radius 1 is 1.00 bits per heavy atom. The minimum Gasteiger partial charge on any atom is -0.456 e. The summed E-state index contributed by atoms with van der Waals surface area (Å²) in [5.41, 5.74) is 1.83. The molecule has 1 atom stereocenters. The molecule has 0 heterocycles. The molecule has 0 aromatic heterocycles. The fourth-order valence-electron chi connectivity index (χ4n) is 2.22. The van der Waals surface area contributed by atoms with Crippen LogP contribution in [0.5, 0.6) is 0 Å². The van der Waals surface area contributed by atoms with Gasteiger partial charge in [0.15, 0.2) is 6.61 Å². The molecule has 0 bridgehead atoms. The Balaban J connectivity index is 1.99. The zero-order valence-corrected chi connectivity index (χ0v) is 12.9. The lowest BCUT2D eigenvalue weighted by Gasteiger charge is -2.19. The second-order valence-electron chi connectivity index (χ2n) is 5.31. The Morgan fingerprint density at radius 3 is 2.17 bits per heavy atom. The van der Waals surface area contributed by atoms with Crippen LogP contribution in [0.4, 0.5) is 13.2 Å². The van der Waals surface area contributed by atoms with Crippen molar-refractivity contribution in [3.05, 3.63) is 71.8 Å². The molecule has 24 heavy (non-hydrogen) atoms. The summed E-state index contributed by atoms with van der Waals surface area (Å²) >= 11 is 0. The van der Waals surface area contributed by atoms with Gasteiger partial charge in [0.2, 0.25) is 0 Å². The zero-order valence-electron chi connectivity index (χ0n) is 12.9. The minimum absolute atomic E-state index is 0.174. The maximum atomic E-state index is 12.2. The lowest BCUT2D eigenvalue weighted by molar-refractivity contribution is -0.186. The smallest absolute Gasteiger partial charge is 0.422 e. The first kappa shape index (κ1) is 18.0. The van der Waals surface area contributed by atoms with Crippen molar-refractivity contribution in [3.63, 3.8) is 0 Å². The van der Waals surface area contributed by atoms with Gasteiger partial charge in [-0.25, -0.2) is 0 Å². The molecular weight excluding hydrogens is 319 g/mol. The SMILES string of the molecule is O=C(CC(NCc1ccccc1)c1ccccc1)OCC(F)(F)F. The number of hydrogen-bond acceptors (Lipinski definition) is 3. The molecule has 128 valence electrons. The molecule has 0 amide bonds. The van der Waals surface area contributed by atoms with E-state index in [1.807, 2.05) is 60.7 Å². The van der Waals surface area contributed by atoms with Crippen LogP contribution in [-0.4, -0.2) is 18.8 Å². The number of carbonyl (C=O) groups excluding carboxylic acids is 1. The lowest BCUT2D eigenvalue weighted by Crippen LogP contribution is -2.26. The van der Waals surface area contributed by atoms with E-state index in [4.69, 9.17) is 0 Å². The van der Waals surface area contributed by atoms with Crippen LogP contribution < -0.4 is 5.32 Å². The van der Waals surface area contributed by atoms with Crippen LogP contribution in [-0.2, 0) is 16.1 Å². The first-order chi connectivity index (χ1) is 11.4. The summed E-state index contributed by atoms with van der Waals surface area (Å²) in [6, 6.07) is 18.2. The van der Waals surface area contributed by atoms with Crippen LogP contribution in [0.2, 0.25) is 0 Å². The van der Waals surface area contributed by atoms with E-state index in [0.29, 0.717) is 6.54 Å². The molecule has 6 heteroatoms. The summed E-state index contributed by atoms with van der Waals surface area (Å²) < 4.78 is 40.8. The van der Waals surface area contributed by atoms with E-state index < -0.39 is 24.8 Å². The Hall–Kier alpha value is -2.34. The number of esters is 1. The van der Waals surface area contributed by atoms with E-state index >= 15 is 0 Å². The van der Waals surface area contributed by atoms with Crippen molar-refractivity contribution in [1.29, 1.82) is 0 Å². The van der Waals surface area contributed by atoms with Gasteiger partial charge in [0.1, 0.15) is 0 Å². The van der Waals surface area contributed by atoms with Crippen molar-refractivity contribution in [3.8, 4) is 0 Å². The molecule has 2 aromatic rings. The van der Waals surface area contributed by atoms with Crippen molar-refractivity contribution in [2.24, 2.45) is 0 Å². The van der Waals surface area contributed by atoms with Gasteiger partial charge in [0, 0.05) is 12.6 Å². The van der Waals surface area contributed by atoms with E-state index in [0.717, 1.165) is 11.1 Å². The summed E-state index contributed by atoms with van der Waals surface area (Å²) in [6.45, 7) is -1.07. The van der Waals surface area contributed by atoms with Crippen LogP contribution in [0.25, 0.3) is 0 Å². The number of alkyl halides is 3. The van der Waals surface area contributed by atoms with Gasteiger partial charge in [0.05, 0.1) is 6.42 Å². The van der Waals surface area contributed by atoms with Gasteiger partial charge >= 0.3 is 12.1 Å². The molecule has 0 spiro atoms. The fraction of sp³-hybridized carbons (Fsp3) is 0.278. The Labute approximate surface area is 138 Å². The molecule has 0 aliphatic carbocycles. The highest BCUT2D eigenvalue weighted by Crippen LogP contribution is 2.20. The summed E-state index contributed by atoms with van der Waals surface area (Å²) in [6.07, 6.45) is -4.69. The quantitative estimate of drug-likeness (QED) is 0.776. The number of rotatable bonds is 7. The molecule has 0 fully saturated rings. The molecule has 1 N–H and O–H groups in total. The van der Waals surface area contributed by atoms with Gasteiger partial charge in [-0.05, 0) is 11.1 Å². The van der Waals surface area contributed by atoms with Crippen molar-refractivity contribution in [2.45, 2.75) is 25.2 Å². The molecule has 3 nitrogen and oxygen atoms in total. The monoisotopic (exact) mass is 337 g/mol. The number of carbonyl (C=O) groups is 1. The molecular formula is C18H18F3NO2. The third kappa shape index (κ3) is 6.42. The number of hydrogen-bond donors (Lipinski definition) is 1. The lowest BCUT2D eigenvalue weighted by atomic mass is 10.0. The van der Waals surface area contributed by atoms with Gasteiger partial charge in [-0.15, -0.1) is 0 Å². The van der Waals surface area contributed by atoms with E-state index in [9.17, 15) is 18.0 Å². The van der Waals surface area contributed by atoms with Crippen molar-refractivity contribution in [1.82, 2.24) is 5.32 Å². The zero-order chi connectivity index (χ0) is 17.4. The molecule has 2 aromatic carbocycles. The van der Waals surface area contributed by atoms with E-state index in [2.05, 4.69) is 10.1 Å². The predicted molar refractivity (Wildman–Crippen MR) is 84.1 cm³/mol. The van der Waals surface area contributed by atoms with Crippen LogP contribution in [0.1, 0.15) is 23.6 Å². The van der Waals surface area contributed by atoms with Gasteiger partial charge in [-0.2, -0.15) is 13.2 Å². The maximum absolute atomic E-state index is 12.2. The standard InChI is InChI=1S/C18H18F3NO2/c19-18(20,21)13-24-17(23)11-16(15-9-5-2-6-10-15)22-12-14-7-3-1-4-8-14/h1-10,16,22H,11-13H2. The number of ether oxygens (including phenoxy) is 1. The summed E-state index contributed by atoms with van der Waals surface area (Å²) in [4.78, 5) is 11.7. The van der Waals surface area contributed by atoms with Gasteiger partial charge in [-0.3, -0.25) is 4.79 Å². The number of halogens is 3. The van der Waals surface area contributed by atoms with Crippen molar-refractivity contribution < 1.29 is 22.7 Å². The van der Waals surface area contributed by atoms with Gasteiger partial charge in [0.25, 0.3) is 0 Å². The summed E-state index contributed by atoms with van der Waals surface area (Å²) in [5, 5.41) is 3.20. The number of nitrogens with one attached hydrogen (secondary N) is 1. The van der Waals surface area contributed by atoms with E-state index in [-0.39, 0.29) is 6.42 Å². The highest BCUT2D eigenvalue weighted by atomic mass is 19.4. The molecule has 0 aliphatic rings. The highest BCUT2D eigenvalue weighted by Gasteiger charge is 2.30. The first-order valence-electron chi connectivity index (χ1n) is 7.49. The second kappa shape index (κ2) is 8.49. The van der Waals surface area contributed by atoms with E-state index in [1.54, 1.807) is 0 Å². The van der Waals surface area contributed by atoms with Gasteiger partial charge in [-0.1, -0.05) is 60.7 Å². The fourth-order valence-corrected chi connectivity index (χ4v) is 2.22. The molecule has 2 rings (SSSR count). The Kier molecular flexibility index (Phi) is 6.37.